The van der Waals surface area contributed by atoms with E-state index in [0.29, 0.717) is 0 Å². The van der Waals surface area contributed by atoms with Crippen LogP contribution in [0.1, 0.15) is 23.2 Å². The SMILES string of the molecule is O=C(O)c1ccc(F)cc1OCCCC(F)(F)F. The normalized spacial score (nSPS) is 11.3. The van der Waals surface area contributed by atoms with Crippen LogP contribution in [-0.2, 0) is 0 Å². The van der Waals surface area contributed by atoms with Gasteiger partial charge in [0.05, 0.1) is 6.61 Å². The number of hydrogen-bond acceptors (Lipinski definition) is 2. The lowest BCUT2D eigenvalue weighted by molar-refractivity contribution is -0.136. The van der Waals surface area contributed by atoms with Gasteiger partial charge in [-0.05, 0) is 18.6 Å². The summed E-state index contributed by atoms with van der Waals surface area (Å²) in [7, 11) is 0. The fraction of sp³-hybridized carbons (Fsp3) is 0.364. The lowest BCUT2D eigenvalue weighted by Gasteiger charge is -2.10. The van der Waals surface area contributed by atoms with E-state index >= 15 is 0 Å². The van der Waals surface area contributed by atoms with Crippen LogP contribution >= 0.6 is 0 Å². The van der Waals surface area contributed by atoms with Crippen LogP contribution in [0.15, 0.2) is 18.2 Å². The molecule has 0 saturated heterocycles. The third kappa shape index (κ3) is 4.60. The second-order valence-electron chi connectivity index (χ2n) is 3.51. The number of hydrogen-bond donors (Lipinski definition) is 1. The van der Waals surface area contributed by atoms with Crippen LogP contribution in [0.2, 0.25) is 0 Å². The highest BCUT2D eigenvalue weighted by molar-refractivity contribution is 5.90. The van der Waals surface area contributed by atoms with Crippen molar-refractivity contribution in [3.05, 3.63) is 29.6 Å². The van der Waals surface area contributed by atoms with Gasteiger partial charge in [0.15, 0.2) is 0 Å². The van der Waals surface area contributed by atoms with E-state index < -0.39 is 24.4 Å². The quantitative estimate of drug-likeness (QED) is 0.657. The van der Waals surface area contributed by atoms with Gasteiger partial charge in [-0.25, -0.2) is 9.18 Å². The minimum absolute atomic E-state index is 0.273. The molecule has 0 radical (unpaired) electrons. The van der Waals surface area contributed by atoms with E-state index in [1.165, 1.54) is 0 Å². The number of halogens is 4. The number of carboxylic acids is 1. The maximum atomic E-state index is 12.9. The summed E-state index contributed by atoms with van der Waals surface area (Å²) in [5, 5.41) is 8.76. The van der Waals surface area contributed by atoms with Crippen molar-refractivity contribution in [2.75, 3.05) is 6.61 Å². The highest BCUT2D eigenvalue weighted by Gasteiger charge is 2.26. The average Bonchev–Trinajstić information content (AvgIpc) is 2.22. The molecule has 0 bridgehead atoms. The summed E-state index contributed by atoms with van der Waals surface area (Å²) in [6.07, 6.45) is -5.65. The Balaban J connectivity index is 2.61. The number of carboxylic acid groups (broad SMARTS) is 1. The average molecular weight is 266 g/mol. The molecule has 100 valence electrons. The summed E-state index contributed by atoms with van der Waals surface area (Å²) < 4.78 is 53.2. The van der Waals surface area contributed by atoms with Crippen molar-refractivity contribution in [1.29, 1.82) is 0 Å². The molecule has 0 unspecified atom stereocenters. The van der Waals surface area contributed by atoms with Gasteiger partial charge >= 0.3 is 12.1 Å². The van der Waals surface area contributed by atoms with Crippen LogP contribution < -0.4 is 4.74 Å². The molecule has 0 heterocycles. The summed E-state index contributed by atoms with van der Waals surface area (Å²) in [4.78, 5) is 10.7. The minimum Gasteiger partial charge on any atom is -0.493 e. The molecule has 0 aromatic heterocycles. The molecule has 0 aliphatic carbocycles. The Hall–Kier alpha value is -1.79. The molecular weight excluding hydrogens is 256 g/mol. The monoisotopic (exact) mass is 266 g/mol. The number of ether oxygens (including phenoxy) is 1. The predicted molar refractivity (Wildman–Crippen MR) is 54.1 cm³/mol. The molecule has 1 aromatic rings. The lowest BCUT2D eigenvalue weighted by atomic mass is 10.2. The van der Waals surface area contributed by atoms with Crippen LogP contribution in [0, 0.1) is 5.82 Å². The molecule has 1 aromatic carbocycles. The predicted octanol–water partition coefficient (Wildman–Crippen LogP) is 3.25. The van der Waals surface area contributed by atoms with E-state index in [-0.39, 0.29) is 24.3 Å². The lowest BCUT2D eigenvalue weighted by Crippen LogP contribution is -2.11. The first-order valence-electron chi connectivity index (χ1n) is 5.02. The molecule has 1 N–H and O–H groups in total. The first-order valence-corrected chi connectivity index (χ1v) is 5.02. The topological polar surface area (TPSA) is 46.5 Å². The molecule has 1 rings (SSSR count). The number of benzene rings is 1. The van der Waals surface area contributed by atoms with Gasteiger partial charge in [-0.15, -0.1) is 0 Å². The summed E-state index contributed by atoms with van der Waals surface area (Å²) in [6.45, 7) is -0.330. The number of rotatable bonds is 5. The molecule has 0 amide bonds. The molecule has 0 aliphatic heterocycles. The van der Waals surface area contributed by atoms with Crippen molar-refractivity contribution < 1.29 is 32.2 Å². The summed E-state index contributed by atoms with van der Waals surface area (Å²) in [5.74, 6) is -2.32. The molecule has 18 heavy (non-hydrogen) atoms. The number of aromatic carboxylic acids is 1. The van der Waals surface area contributed by atoms with Gasteiger partial charge in [0.2, 0.25) is 0 Å². The van der Waals surface area contributed by atoms with Crippen molar-refractivity contribution in [1.82, 2.24) is 0 Å². The fourth-order valence-electron chi connectivity index (χ4n) is 1.25. The van der Waals surface area contributed by atoms with E-state index in [2.05, 4.69) is 0 Å². The Labute approximate surface area is 100.0 Å². The van der Waals surface area contributed by atoms with E-state index in [9.17, 15) is 22.4 Å². The van der Waals surface area contributed by atoms with E-state index in [4.69, 9.17) is 9.84 Å². The molecule has 0 spiro atoms. The number of carbonyl (C=O) groups is 1. The first kappa shape index (κ1) is 14.3. The Morgan fingerprint density at radius 1 is 1.33 bits per heavy atom. The minimum atomic E-state index is -4.29. The van der Waals surface area contributed by atoms with Gasteiger partial charge in [-0.2, -0.15) is 13.2 Å². The Morgan fingerprint density at radius 2 is 2.00 bits per heavy atom. The van der Waals surface area contributed by atoms with Crippen molar-refractivity contribution in [3.63, 3.8) is 0 Å². The van der Waals surface area contributed by atoms with Gasteiger partial charge in [0.25, 0.3) is 0 Å². The first-order chi connectivity index (χ1) is 8.29. The van der Waals surface area contributed by atoms with E-state index in [0.717, 1.165) is 18.2 Å². The van der Waals surface area contributed by atoms with Gasteiger partial charge < -0.3 is 9.84 Å². The third-order valence-electron chi connectivity index (χ3n) is 2.04. The highest BCUT2D eigenvalue weighted by Crippen LogP contribution is 2.23. The second-order valence-corrected chi connectivity index (χ2v) is 3.51. The molecule has 0 aliphatic rings. The molecule has 0 atom stereocenters. The molecular formula is C11H10F4O3. The smallest absolute Gasteiger partial charge is 0.389 e. The van der Waals surface area contributed by atoms with Gasteiger partial charge in [-0.3, -0.25) is 0 Å². The van der Waals surface area contributed by atoms with Crippen LogP contribution in [0.4, 0.5) is 17.6 Å². The van der Waals surface area contributed by atoms with Crippen molar-refractivity contribution in [2.24, 2.45) is 0 Å². The molecule has 7 heteroatoms. The van der Waals surface area contributed by atoms with Crippen LogP contribution in [0.5, 0.6) is 5.75 Å². The third-order valence-corrected chi connectivity index (χ3v) is 2.04. The van der Waals surface area contributed by atoms with Gasteiger partial charge in [0.1, 0.15) is 17.1 Å². The zero-order chi connectivity index (χ0) is 13.8. The van der Waals surface area contributed by atoms with Crippen molar-refractivity contribution >= 4 is 5.97 Å². The molecule has 0 fully saturated rings. The van der Waals surface area contributed by atoms with Gasteiger partial charge in [-0.1, -0.05) is 0 Å². The largest absolute Gasteiger partial charge is 0.493 e. The maximum absolute atomic E-state index is 12.9. The zero-order valence-corrected chi connectivity index (χ0v) is 9.13. The van der Waals surface area contributed by atoms with Crippen molar-refractivity contribution in [2.45, 2.75) is 19.0 Å². The summed E-state index contributed by atoms with van der Waals surface area (Å²) in [6, 6.07) is 2.76. The highest BCUT2D eigenvalue weighted by atomic mass is 19.4. The van der Waals surface area contributed by atoms with Crippen LogP contribution in [0.25, 0.3) is 0 Å². The Morgan fingerprint density at radius 3 is 2.56 bits per heavy atom. The Kier molecular flexibility index (Phi) is 4.52. The zero-order valence-electron chi connectivity index (χ0n) is 9.13. The fourth-order valence-corrected chi connectivity index (χ4v) is 1.25. The van der Waals surface area contributed by atoms with Crippen LogP contribution in [-0.4, -0.2) is 23.9 Å². The van der Waals surface area contributed by atoms with Gasteiger partial charge in [0, 0.05) is 12.5 Å². The second kappa shape index (κ2) is 5.70. The number of alkyl halides is 3. The summed E-state index contributed by atoms with van der Waals surface area (Å²) in [5.41, 5.74) is -0.289. The van der Waals surface area contributed by atoms with E-state index in [1.54, 1.807) is 0 Å². The standard InChI is InChI=1S/C11H10F4O3/c12-7-2-3-8(10(16)17)9(6-7)18-5-1-4-11(13,14)15/h2-3,6H,1,4-5H2,(H,16,17). The molecule has 0 saturated carbocycles. The van der Waals surface area contributed by atoms with E-state index in [1.807, 2.05) is 0 Å². The summed E-state index contributed by atoms with van der Waals surface area (Å²) >= 11 is 0. The molecule has 3 nitrogen and oxygen atoms in total. The van der Waals surface area contributed by atoms with Crippen molar-refractivity contribution in [3.8, 4) is 5.75 Å². The maximum Gasteiger partial charge on any atom is 0.389 e. The Bertz CT molecular complexity index is 429. The van der Waals surface area contributed by atoms with Crippen LogP contribution in [0.3, 0.4) is 0 Å².